The highest BCUT2D eigenvalue weighted by molar-refractivity contribution is 5.75. The van der Waals surface area contributed by atoms with Crippen molar-refractivity contribution in [1.29, 1.82) is 0 Å². The number of nitrogens with one attached hydrogen (secondary N) is 1. The van der Waals surface area contributed by atoms with Gasteiger partial charge in [0.1, 0.15) is 6.61 Å². The van der Waals surface area contributed by atoms with Gasteiger partial charge in [-0.25, -0.2) is 0 Å². The van der Waals surface area contributed by atoms with Crippen LogP contribution in [0.25, 0.3) is 0 Å². The van der Waals surface area contributed by atoms with E-state index in [9.17, 15) is 4.79 Å². The molecule has 6 nitrogen and oxygen atoms in total. The first-order valence-corrected chi connectivity index (χ1v) is 6.72. The van der Waals surface area contributed by atoms with Crippen molar-refractivity contribution >= 4 is 5.91 Å². The summed E-state index contributed by atoms with van der Waals surface area (Å²) in [5.74, 6) is 1.43. The third-order valence-corrected chi connectivity index (χ3v) is 2.81. The fraction of sp³-hybridized carbons (Fsp3) is 0.500. The van der Waals surface area contributed by atoms with Crippen LogP contribution in [-0.4, -0.2) is 44.9 Å². The van der Waals surface area contributed by atoms with Crippen molar-refractivity contribution in [1.82, 2.24) is 5.32 Å². The molecule has 1 aromatic rings. The average Bonchev–Trinajstić information content (AvgIpc) is 2.49. The molecule has 0 fully saturated rings. The van der Waals surface area contributed by atoms with E-state index < -0.39 is 0 Å². The Labute approximate surface area is 118 Å². The van der Waals surface area contributed by atoms with Gasteiger partial charge in [0.25, 0.3) is 0 Å². The molecule has 1 atom stereocenters. The molecule has 2 rings (SSSR count). The van der Waals surface area contributed by atoms with E-state index in [1.54, 1.807) is 0 Å². The molecule has 3 N–H and O–H groups in total. The largest absolute Gasteiger partial charge is 0.486 e. The average molecular weight is 280 g/mol. The van der Waals surface area contributed by atoms with E-state index in [0.717, 1.165) is 11.5 Å². The topological polar surface area (TPSA) is 82.8 Å². The van der Waals surface area contributed by atoms with Crippen LogP contribution in [0, 0.1) is 0 Å². The minimum Gasteiger partial charge on any atom is -0.486 e. The summed E-state index contributed by atoms with van der Waals surface area (Å²) in [5, 5.41) is 2.68. The molecular formula is C14H20N2O4. The first-order valence-electron chi connectivity index (χ1n) is 6.72. The second kappa shape index (κ2) is 7.72. The van der Waals surface area contributed by atoms with Gasteiger partial charge in [0.15, 0.2) is 17.6 Å². The minimum atomic E-state index is -0.142. The van der Waals surface area contributed by atoms with Crippen molar-refractivity contribution in [2.45, 2.75) is 12.5 Å². The van der Waals surface area contributed by atoms with Crippen LogP contribution in [0.15, 0.2) is 24.3 Å². The number of benzene rings is 1. The Morgan fingerprint density at radius 3 is 3.00 bits per heavy atom. The zero-order chi connectivity index (χ0) is 14.2. The standard InChI is InChI=1S/C14H20N2O4/c15-6-7-16-14(17)5-8-18-9-11-10-19-12-3-1-2-4-13(12)20-11/h1-4,11H,5-10,15H2,(H,16,17). The van der Waals surface area contributed by atoms with Gasteiger partial charge < -0.3 is 25.3 Å². The van der Waals surface area contributed by atoms with Crippen molar-refractivity contribution in [2.24, 2.45) is 5.73 Å². The molecule has 1 aromatic carbocycles. The van der Waals surface area contributed by atoms with Crippen molar-refractivity contribution in [2.75, 3.05) is 32.9 Å². The van der Waals surface area contributed by atoms with E-state index >= 15 is 0 Å². The van der Waals surface area contributed by atoms with Gasteiger partial charge in [-0.15, -0.1) is 0 Å². The highest BCUT2D eigenvalue weighted by atomic mass is 16.6. The first kappa shape index (κ1) is 14.6. The summed E-state index contributed by atoms with van der Waals surface area (Å²) < 4.78 is 16.7. The van der Waals surface area contributed by atoms with Crippen molar-refractivity contribution in [3.05, 3.63) is 24.3 Å². The Bertz CT molecular complexity index is 439. The molecule has 1 aliphatic rings. The number of carbonyl (C=O) groups excluding carboxylic acids is 1. The Morgan fingerprint density at radius 1 is 1.40 bits per heavy atom. The number of hydrogen-bond donors (Lipinski definition) is 2. The summed E-state index contributed by atoms with van der Waals surface area (Å²) in [6.07, 6.45) is 0.182. The molecule has 0 bridgehead atoms. The summed E-state index contributed by atoms with van der Waals surface area (Å²) in [6.45, 7) is 2.15. The molecule has 0 saturated carbocycles. The molecule has 1 unspecified atom stereocenters. The Kier molecular flexibility index (Phi) is 5.64. The van der Waals surface area contributed by atoms with Crippen molar-refractivity contribution in [3.63, 3.8) is 0 Å². The Balaban J connectivity index is 1.63. The highest BCUT2D eigenvalue weighted by Gasteiger charge is 2.20. The smallest absolute Gasteiger partial charge is 0.222 e. The van der Waals surface area contributed by atoms with Crippen LogP contribution < -0.4 is 20.5 Å². The first-order chi connectivity index (χ1) is 9.79. The number of para-hydroxylation sites is 2. The predicted octanol–water partition coefficient (Wildman–Crippen LogP) is 0.308. The normalized spacial score (nSPS) is 16.8. The molecule has 1 heterocycles. The number of carbonyl (C=O) groups is 1. The quantitative estimate of drug-likeness (QED) is 0.702. The Hall–Kier alpha value is -1.79. The van der Waals surface area contributed by atoms with Gasteiger partial charge in [-0.1, -0.05) is 12.1 Å². The van der Waals surface area contributed by atoms with E-state index in [2.05, 4.69) is 5.32 Å². The van der Waals surface area contributed by atoms with Gasteiger partial charge in [0, 0.05) is 19.5 Å². The molecule has 1 aliphatic heterocycles. The van der Waals surface area contributed by atoms with Gasteiger partial charge in [0.05, 0.1) is 13.2 Å². The third kappa shape index (κ3) is 4.40. The van der Waals surface area contributed by atoms with Crippen molar-refractivity contribution < 1.29 is 19.0 Å². The maximum atomic E-state index is 11.3. The fourth-order valence-corrected chi connectivity index (χ4v) is 1.82. The lowest BCUT2D eigenvalue weighted by atomic mass is 10.3. The fourth-order valence-electron chi connectivity index (χ4n) is 1.82. The SMILES string of the molecule is NCCNC(=O)CCOCC1COc2ccccc2O1. The molecule has 1 amide bonds. The van der Waals surface area contributed by atoms with E-state index in [0.29, 0.717) is 39.3 Å². The van der Waals surface area contributed by atoms with Gasteiger partial charge in [0.2, 0.25) is 5.91 Å². The summed E-state index contributed by atoms with van der Waals surface area (Å²) >= 11 is 0. The lowest BCUT2D eigenvalue weighted by Gasteiger charge is -2.26. The molecule has 110 valence electrons. The van der Waals surface area contributed by atoms with Gasteiger partial charge in [-0.2, -0.15) is 0 Å². The summed E-state index contributed by atoms with van der Waals surface area (Å²) in [4.78, 5) is 11.3. The molecule has 0 radical (unpaired) electrons. The van der Waals surface area contributed by atoms with E-state index in [4.69, 9.17) is 19.9 Å². The highest BCUT2D eigenvalue weighted by Crippen LogP contribution is 2.30. The van der Waals surface area contributed by atoms with Crippen LogP contribution in [0.3, 0.4) is 0 Å². The molecule has 20 heavy (non-hydrogen) atoms. The molecule has 6 heteroatoms. The summed E-state index contributed by atoms with van der Waals surface area (Å²) in [6, 6.07) is 7.53. The zero-order valence-corrected chi connectivity index (χ0v) is 11.3. The van der Waals surface area contributed by atoms with Crippen LogP contribution in [0.5, 0.6) is 11.5 Å². The van der Waals surface area contributed by atoms with Gasteiger partial charge >= 0.3 is 0 Å². The number of hydrogen-bond acceptors (Lipinski definition) is 5. The maximum Gasteiger partial charge on any atom is 0.222 e. The number of ether oxygens (including phenoxy) is 3. The van der Waals surface area contributed by atoms with Gasteiger partial charge in [-0.3, -0.25) is 4.79 Å². The van der Waals surface area contributed by atoms with Crippen LogP contribution in [0.1, 0.15) is 6.42 Å². The monoisotopic (exact) mass is 280 g/mol. The zero-order valence-electron chi connectivity index (χ0n) is 11.3. The second-order valence-electron chi connectivity index (χ2n) is 4.46. The summed E-state index contributed by atoms with van der Waals surface area (Å²) in [5.41, 5.74) is 5.29. The van der Waals surface area contributed by atoms with Crippen LogP contribution in [-0.2, 0) is 9.53 Å². The second-order valence-corrected chi connectivity index (χ2v) is 4.46. The van der Waals surface area contributed by atoms with E-state index in [1.165, 1.54) is 0 Å². The van der Waals surface area contributed by atoms with Crippen LogP contribution >= 0.6 is 0 Å². The number of nitrogens with two attached hydrogens (primary N) is 1. The summed E-state index contributed by atoms with van der Waals surface area (Å²) in [7, 11) is 0. The maximum absolute atomic E-state index is 11.3. The van der Waals surface area contributed by atoms with E-state index in [1.807, 2.05) is 24.3 Å². The molecular weight excluding hydrogens is 260 g/mol. The molecule has 0 spiro atoms. The minimum absolute atomic E-state index is 0.0541. The predicted molar refractivity (Wildman–Crippen MR) is 73.9 cm³/mol. The molecule has 0 aliphatic carbocycles. The molecule has 0 saturated heterocycles. The number of fused-ring (bicyclic) bond motifs is 1. The molecule has 0 aromatic heterocycles. The third-order valence-electron chi connectivity index (χ3n) is 2.81. The lowest BCUT2D eigenvalue weighted by molar-refractivity contribution is -0.122. The number of rotatable bonds is 7. The number of amides is 1. The van der Waals surface area contributed by atoms with Crippen LogP contribution in [0.4, 0.5) is 0 Å². The lowest BCUT2D eigenvalue weighted by Crippen LogP contribution is -2.34. The van der Waals surface area contributed by atoms with E-state index in [-0.39, 0.29) is 12.0 Å². The van der Waals surface area contributed by atoms with Crippen molar-refractivity contribution in [3.8, 4) is 11.5 Å². The van der Waals surface area contributed by atoms with Crippen LogP contribution in [0.2, 0.25) is 0 Å². The Morgan fingerprint density at radius 2 is 2.20 bits per heavy atom. The van der Waals surface area contributed by atoms with Gasteiger partial charge in [-0.05, 0) is 12.1 Å².